The minimum Gasteiger partial charge on any atom is -0.481 e. The van der Waals surface area contributed by atoms with Crippen LogP contribution in [0.3, 0.4) is 0 Å². The summed E-state index contributed by atoms with van der Waals surface area (Å²) < 4.78 is 11.3. The molecule has 160 valence electrons. The summed E-state index contributed by atoms with van der Waals surface area (Å²) in [4.78, 5) is 22.5. The summed E-state index contributed by atoms with van der Waals surface area (Å²) in [6, 6.07) is 16.3. The number of nitrogens with zero attached hydrogens (tertiary/aromatic N) is 2. The Morgan fingerprint density at radius 2 is 1.97 bits per heavy atom. The number of nitriles is 1. The first kappa shape index (κ1) is 22.2. The van der Waals surface area contributed by atoms with E-state index in [1.54, 1.807) is 24.3 Å². The minimum absolute atomic E-state index is 0.0308. The van der Waals surface area contributed by atoms with Crippen molar-refractivity contribution in [2.24, 2.45) is 17.0 Å². The van der Waals surface area contributed by atoms with E-state index in [4.69, 9.17) is 14.6 Å². The number of rotatable bonds is 9. The first-order valence-corrected chi connectivity index (χ1v) is 10.2. The van der Waals surface area contributed by atoms with Crippen LogP contribution in [0, 0.1) is 28.1 Å². The predicted octanol–water partition coefficient (Wildman–Crippen LogP) is 5.69. The van der Waals surface area contributed by atoms with Crippen LogP contribution >= 0.6 is 0 Å². The number of hydrogen-bond donors (Lipinski definition) is 1. The second kappa shape index (κ2) is 11.0. The first-order valence-electron chi connectivity index (χ1n) is 10.2. The van der Waals surface area contributed by atoms with E-state index in [1.807, 2.05) is 30.3 Å². The second-order valence-corrected chi connectivity index (χ2v) is 7.43. The van der Waals surface area contributed by atoms with Crippen molar-refractivity contribution in [1.82, 2.24) is 0 Å². The predicted molar refractivity (Wildman–Crippen MR) is 116 cm³/mol. The molecule has 0 radical (unpaired) electrons. The number of carbonyl (C=O) groups is 1. The molecule has 0 spiro atoms. The zero-order chi connectivity index (χ0) is 22.1. The fourth-order valence-corrected chi connectivity index (χ4v) is 3.85. The van der Waals surface area contributed by atoms with Crippen LogP contribution in [0.1, 0.15) is 31.2 Å². The molecule has 1 unspecified atom stereocenters. The standard InChI is InChI=1S/C24H24N2O5/c25-16-19(22(7-9-24(27)28)17-10-12-30-13-11-17)14-18-15-21(6-8-23(18)26-29)31-20-4-2-1-3-5-20/h1-6,8,14-15,17,22H,7,9-13H2,(H,27,28). The lowest BCUT2D eigenvalue weighted by atomic mass is 9.78. The van der Waals surface area contributed by atoms with Crippen molar-refractivity contribution >= 4 is 17.7 Å². The Kier molecular flexibility index (Phi) is 7.91. The van der Waals surface area contributed by atoms with Crippen LogP contribution in [0.5, 0.6) is 11.5 Å². The van der Waals surface area contributed by atoms with Gasteiger partial charge in [-0.15, -0.1) is 4.91 Å². The lowest BCUT2D eigenvalue weighted by Gasteiger charge is -2.30. The number of nitroso groups, excluding NO2 is 1. The van der Waals surface area contributed by atoms with Gasteiger partial charge in [0.2, 0.25) is 0 Å². The number of benzene rings is 2. The van der Waals surface area contributed by atoms with Crippen molar-refractivity contribution in [2.75, 3.05) is 13.2 Å². The molecule has 0 aliphatic carbocycles. The Labute approximate surface area is 180 Å². The van der Waals surface area contributed by atoms with Gasteiger partial charge in [-0.2, -0.15) is 5.26 Å². The summed E-state index contributed by atoms with van der Waals surface area (Å²) >= 11 is 0. The zero-order valence-corrected chi connectivity index (χ0v) is 17.1. The Morgan fingerprint density at radius 3 is 2.61 bits per heavy atom. The molecule has 0 aromatic heterocycles. The molecule has 1 aliphatic rings. The molecule has 1 heterocycles. The lowest BCUT2D eigenvalue weighted by molar-refractivity contribution is -0.137. The zero-order valence-electron chi connectivity index (χ0n) is 17.1. The van der Waals surface area contributed by atoms with E-state index in [-0.39, 0.29) is 23.9 Å². The average molecular weight is 420 g/mol. The third kappa shape index (κ3) is 6.24. The summed E-state index contributed by atoms with van der Waals surface area (Å²) in [7, 11) is 0. The van der Waals surface area contributed by atoms with E-state index in [0.717, 1.165) is 12.8 Å². The molecule has 3 rings (SSSR count). The molecule has 0 bridgehead atoms. The van der Waals surface area contributed by atoms with Gasteiger partial charge in [-0.3, -0.25) is 4.79 Å². The smallest absolute Gasteiger partial charge is 0.303 e. The van der Waals surface area contributed by atoms with Crippen molar-refractivity contribution in [3.63, 3.8) is 0 Å². The molecule has 2 aromatic rings. The van der Waals surface area contributed by atoms with Gasteiger partial charge in [-0.05, 0) is 72.7 Å². The average Bonchev–Trinajstić information content (AvgIpc) is 2.80. The largest absolute Gasteiger partial charge is 0.481 e. The molecule has 1 atom stereocenters. The molecular formula is C24H24N2O5. The molecular weight excluding hydrogens is 396 g/mol. The number of allylic oxidation sites excluding steroid dienone is 1. The highest BCUT2D eigenvalue weighted by Crippen LogP contribution is 2.36. The monoisotopic (exact) mass is 420 g/mol. The summed E-state index contributed by atoms with van der Waals surface area (Å²) in [5.74, 6) is 0.169. The fraction of sp³-hybridized carbons (Fsp3) is 0.333. The van der Waals surface area contributed by atoms with E-state index < -0.39 is 5.97 Å². The van der Waals surface area contributed by atoms with Crippen LogP contribution in [-0.2, 0) is 9.53 Å². The van der Waals surface area contributed by atoms with E-state index in [0.29, 0.717) is 42.3 Å². The maximum Gasteiger partial charge on any atom is 0.303 e. The third-order valence-electron chi connectivity index (χ3n) is 5.42. The summed E-state index contributed by atoms with van der Waals surface area (Å²) in [5.41, 5.74) is 1.10. The van der Waals surface area contributed by atoms with Crippen LogP contribution in [0.25, 0.3) is 6.08 Å². The summed E-state index contributed by atoms with van der Waals surface area (Å²) in [5, 5.41) is 22.1. The molecule has 1 fully saturated rings. The number of para-hydroxylation sites is 1. The second-order valence-electron chi connectivity index (χ2n) is 7.43. The van der Waals surface area contributed by atoms with Gasteiger partial charge in [0.25, 0.3) is 0 Å². The van der Waals surface area contributed by atoms with Crippen LogP contribution in [0.2, 0.25) is 0 Å². The first-order chi connectivity index (χ1) is 15.1. The Hall–Kier alpha value is -3.50. The van der Waals surface area contributed by atoms with Gasteiger partial charge in [-0.25, -0.2) is 0 Å². The van der Waals surface area contributed by atoms with Crippen molar-refractivity contribution < 1.29 is 19.4 Å². The van der Waals surface area contributed by atoms with Crippen molar-refractivity contribution in [2.45, 2.75) is 25.7 Å². The normalized spacial score (nSPS) is 15.6. The molecule has 1 aliphatic heterocycles. The number of ether oxygens (including phenoxy) is 2. The highest BCUT2D eigenvalue weighted by molar-refractivity contribution is 5.70. The van der Waals surface area contributed by atoms with E-state index in [9.17, 15) is 15.0 Å². The van der Waals surface area contributed by atoms with Crippen molar-refractivity contribution in [3.8, 4) is 17.6 Å². The number of aliphatic carboxylic acids is 1. The topological polar surface area (TPSA) is 109 Å². The number of hydrogen-bond acceptors (Lipinski definition) is 6. The van der Waals surface area contributed by atoms with Crippen LogP contribution in [0.15, 0.2) is 59.3 Å². The molecule has 0 saturated carbocycles. The van der Waals surface area contributed by atoms with Gasteiger partial charge in [0.1, 0.15) is 17.2 Å². The van der Waals surface area contributed by atoms with Crippen molar-refractivity contribution in [3.05, 3.63) is 64.6 Å². The molecule has 7 nitrogen and oxygen atoms in total. The van der Waals surface area contributed by atoms with Gasteiger partial charge in [-0.1, -0.05) is 18.2 Å². The SMILES string of the molecule is N#CC(=Cc1cc(Oc2ccccc2)ccc1N=O)C(CCC(=O)O)C1CCOCC1. The molecule has 31 heavy (non-hydrogen) atoms. The van der Waals surface area contributed by atoms with Gasteiger partial charge in [0, 0.05) is 30.8 Å². The Morgan fingerprint density at radius 1 is 1.23 bits per heavy atom. The fourth-order valence-electron chi connectivity index (χ4n) is 3.85. The highest BCUT2D eigenvalue weighted by Gasteiger charge is 2.28. The maximum absolute atomic E-state index is 11.4. The van der Waals surface area contributed by atoms with E-state index >= 15 is 0 Å². The van der Waals surface area contributed by atoms with Gasteiger partial charge in [0.15, 0.2) is 0 Å². The quantitative estimate of drug-likeness (QED) is 0.412. The van der Waals surface area contributed by atoms with Crippen molar-refractivity contribution in [1.29, 1.82) is 5.26 Å². The Balaban J connectivity index is 1.93. The molecule has 7 heteroatoms. The molecule has 1 saturated heterocycles. The van der Waals surface area contributed by atoms with Crippen LogP contribution in [0.4, 0.5) is 5.69 Å². The van der Waals surface area contributed by atoms with Crippen LogP contribution < -0.4 is 4.74 Å². The molecule has 1 N–H and O–H groups in total. The maximum atomic E-state index is 11.4. The lowest BCUT2D eigenvalue weighted by Crippen LogP contribution is -2.25. The molecule has 2 aromatic carbocycles. The summed E-state index contributed by atoms with van der Waals surface area (Å²) in [6.07, 6.45) is 3.48. The molecule has 0 amide bonds. The van der Waals surface area contributed by atoms with Gasteiger partial charge >= 0.3 is 5.97 Å². The van der Waals surface area contributed by atoms with E-state index in [2.05, 4.69) is 11.2 Å². The third-order valence-corrected chi connectivity index (χ3v) is 5.42. The Bertz CT molecular complexity index is 975. The minimum atomic E-state index is -0.900. The van der Waals surface area contributed by atoms with Gasteiger partial charge < -0.3 is 14.6 Å². The van der Waals surface area contributed by atoms with Gasteiger partial charge in [0.05, 0.1) is 6.07 Å². The number of carboxylic acid groups (broad SMARTS) is 1. The highest BCUT2D eigenvalue weighted by atomic mass is 16.5. The number of carboxylic acids is 1. The summed E-state index contributed by atoms with van der Waals surface area (Å²) in [6.45, 7) is 1.18. The van der Waals surface area contributed by atoms with E-state index in [1.165, 1.54) is 0 Å². The van der Waals surface area contributed by atoms with Crippen LogP contribution in [-0.4, -0.2) is 24.3 Å².